The highest BCUT2D eigenvalue weighted by Crippen LogP contribution is 2.30. The second-order valence-corrected chi connectivity index (χ2v) is 8.06. The number of ether oxygens (including phenoxy) is 1. The van der Waals surface area contributed by atoms with Gasteiger partial charge in [0.2, 0.25) is 0 Å². The molecule has 0 atom stereocenters. The Morgan fingerprint density at radius 3 is 2.85 bits per heavy atom. The number of esters is 1. The zero-order valence-electron chi connectivity index (χ0n) is 14.3. The van der Waals surface area contributed by atoms with Crippen molar-refractivity contribution < 1.29 is 14.3 Å². The topological polar surface area (TPSA) is 56.3 Å². The molecule has 0 spiro atoms. The number of fused-ring (bicyclic) bond motifs is 1. The van der Waals surface area contributed by atoms with E-state index < -0.39 is 5.97 Å². The maximum Gasteiger partial charge on any atom is 0.350 e. The molecule has 26 heavy (non-hydrogen) atoms. The lowest BCUT2D eigenvalue weighted by Crippen LogP contribution is -2.14. The number of carbonyl (C=O) groups excluding carboxylic acids is 2. The highest BCUT2D eigenvalue weighted by molar-refractivity contribution is 7.17. The third-order valence-electron chi connectivity index (χ3n) is 4.50. The minimum absolute atomic E-state index is 0.173. The van der Waals surface area contributed by atoms with E-state index in [1.165, 1.54) is 22.5 Å². The van der Waals surface area contributed by atoms with Crippen LogP contribution in [0.25, 0.3) is 10.6 Å². The maximum atomic E-state index is 12.4. The fourth-order valence-electron chi connectivity index (χ4n) is 3.12. The number of hydrogen-bond donors (Lipinski definition) is 0. The second kappa shape index (κ2) is 7.13. The maximum absolute atomic E-state index is 12.4. The van der Waals surface area contributed by atoms with E-state index in [2.05, 4.69) is 4.98 Å². The minimum atomic E-state index is -0.490. The van der Waals surface area contributed by atoms with E-state index in [9.17, 15) is 9.59 Å². The van der Waals surface area contributed by atoms with E-state index in [1.54, 1.807) is 18.3 Å². The first kappa shape index (κ1) is 17.1. The molecule has 1 aliphatic carbocycles. The first-order chi connectivity index (χ1) is 12.6. The molecule has 0 bridgehead atoms. The summed E-state index contributed by atoms with van der Waals surface area (Å²) in [6.07, 6.45) is 3.23. The molecule has 0 saturated heterocycles. The molecule has 4 rings (SSSR count). The summed E-state index contributed by atoms with van der Waals surface area (Å²) in [5.41, 5.74) is 4.79. The molecule has 1 aliphatic rings. The van der Waals surface area contributed by atoms with Gasteiger partial charge in [-0.2, -0.15) is 11.3 Å². The van der Waals surface area contributed by atoms with Crippen LogP contribution in [-0.2, 0) is 17.6 Å². The number of aryl methyl sites for hydroxylation is 3. The number of ketones is 1. The molecule has 0 fully saturated rings. The number of aromatic nitrogens is 1. The number of hydrogen-bond acceptors (Lipinski definition) is 6. The standard InChI is InChI=1S/C20H17NO3S2/c1-12-18(26-19(21-12)16-7-8-25-11-16)20(23)24-10-17(22)15-6-5-13-3-2-4-14(13)9-15/h5-9,11H,2-4,10H2,1H3. The highest BCUT2D eigenvalue weighted by atomic mass is 32.1. The quantitative estimate of drug-likeness (QED) is 0.473. The number of thiazole rings is 1. The van der Waals surface area contributed by atoms with Gasteiger partial charge in [-0.15, -0.1) is 11.3 Å². The van der Waals surface area contributed by atoms with Crippen molar-refractivity contribution in [2.24, 2.45) is 0 Å². The van der Waals surface area contributed by atoms with Crippen LogP contribution >= 0.6 is 22.7 Å². The van der Waals surface area contributed by atoms with E-state index in [1.807, 2.05) is 35.0 Å². The van der Waals surface area contributed by atoms with Gasteiger partial charge >= 0.3 is 5.97 Å². The summed E-state index contributed by atoms with van der Waals surface area (Å²) in [7, 11) is 0. The van der Waals surface area contributed by atoms with Gasteiger partial charge in [0, 0.05) is 16.5 Å². The second-order valence-electron chi connectivity index (χ2n) is 6.28. The Morgan fingerprint density at radius 2 is 2.04 bits per heavy atom. The molecular weight excluding hydrogens is 366 g/mol. The van der Waals surface area contributed by atoms with E-state index in [0.717, 1.165) is 29.8 Å². The van der Waals surface area contributed by atoms with Crippen LogP contribution in [-0.4, -0.2) is 23.3 Å². The summed E-state index contributed by atoms with van der Waals surface area (Å²) in [5, 5.41) is 4.75. The summed E-state index contributed by atoms with van der Waals surface area (Å²) in [6.45, 7) is 1.54. The molecule has 0 unspecified atom stereocenters. The molecule has 2 heterocycles. The third-order valence-corrected chi connectivity index (χ3v) is 6.37. The molecule has 0 saturated carbocycles. The Morgan fingerprint density at radius 1 is 1.19 bits per heavy atom. The SMILES string of the molecule is Cc1nc(-c2ccsc2)sc1C(=O)OCC(=O)c1ccc2c(c1)CCC2. The molecule has 6 heteroatoms. The van der Waals surface area contributed by atoms with Crippen LogP contribution in [0.4, 0.5) is 0 Å². The lowest BCUT2D eigenvalue weighted by atomic mass is 10.0. The normalized spacial score (nSPS) is 12.8. The fraction of sp³-hybridized carbons (Fsp3) is 0.250. The van der Waals surface area contributed by atoms with Crippen LogP contribution in [0.15, 0.2) is 35.0 Å². The van der Waals surface area contributed by atoms with Crippen LogP contribution in [0, 0.1) is 6.92 Å². The van der Waals surface area contributed by atoms with Crippen LogP contribution in [0.2, 0.25) is 0 Å². The van der Waals surface area contributed by atoms with Crippen LogP contribution in [0.1, 0.15) is 43.3 Å². The summed E-state index contributed by atoms with van der Waals surface area (Å²) >= 11 is 2.88. The van der Waals surface area contributed by atoms with Gasteiger partial charge < -0.3 is 4.74 Å². The number of Topliss-reactive ketones (excluding diaryl/α,β-unsaturated/α-hetero) is 1. The molecule has 4 nitrogen and oxygen atoms in total. The first-order valence-electron chi connectivity index (χ1n) is 8.44. The van der Waals surface area contributed by atoms with Crippen molar-refractivity contribution in [1.29, 1.82) is 0 Å². The van der Waals surface area contributed by atoms with Crippen LogP contribution in [0.5, 0.6) is 0 Å². The number of nitrogens with zero attached hydrogens (tertiary/aromatic N) is 1. The summed E-state index contributed by atoms with van der Waals surface area (Å²) in [5.74, 6) is -0.663. The first-order valence-corrected chi connectivity index (χ1v) is 10.2. The van der Waals surface area contributed by atoms with E-state index in [0.29, 0.717) is 16.1 Å². The van der Waals surface area contributed by atoms with Gasteiger partial charge in [0.15, 0.2) is 12.4 Å². The van der Waals surface area contributed by atoms with Gasteiger partial charge in [-0.05, 0) is 54.8 Å². The summed E-state index contributed by atoms with van der Waals surface area (Å²) in [6, 6.07) is 7.74. The molecular formula is C20H17NO3S2. The van der Waals surface area contributed by atoms with Gasteiger partial charge in [-0.25, -0.2) is 9.78 Å². The fourth-order valence-corrected chi connectivity index (χ4v) is 4.79. The number of carbonyl (C=O) groups is 2. The van der Waals surface area contributed by atoms with Crippen molar-refractivity contribution in [3.8, 4) is 10.6 Å². The number of thiophene rings is 1. The lowest BCUT2D eigenvalue weighted by Gasteiger charge is -2.05. The van der Waals surface area contributed by atoms with Crippen molar-refractivity contribution in [3.63, 3.8) is 0 Å². The Hall–Kier alpha value is -2.31. The average Bonchev–Trinajstić information content (AvgIpc) is 3.38. The lowest BCUT2D eigenvalue weighted by molar-refractivity contribution is 0.0478. The number of rotatable bonds is 5. The molecule has 0 radical (unpaired) electrons. The van der Waals surface area contributed by atoms with E-state index in [4.69, 9.17) is 4.74 Å². The van der Waals surface area contributed by atoms with E-state index >= 15 is 0 Å². The van der Waals surface area contributed by atoms with Gasteiger partial charge in [-0.1, -0.05) is 12.1 Å². The van der Waals surface area contributed by atoms with Gasteiger partial charge in [0.05, 0.1) is 5.69 Å². The van der Waals surface area contributed by atoms with E-state index in [-0.39, 0.29) is 12.4 Å². The molecule has 132 valence electrons. The van der Waals surface area contributed by atoms with Gasteiger partial charge in [0.25, 0.3) is 0 Å². The minimum Gasteiger partial charge on any atom is -0.453 e. The molecule has 0 N–H and O–H groups in total. The predicted molar refractivity (Wildman–Crippen MR) is 103 cm³/mol. The van der Waals surface area contributed by atoms with Crippen molar-refractivity contribution in [1.82, 2.24) is 4.98 Å². The summed E-state index contributed by atoms with van der Waals surface area (Å²) in [4.78, 5) is 29.6. The Labute approximate surface area is 159 Å². The Bertz CT molecular complexity index is 973. The largest absolute Gasteiger partial charge is 0.453 e. The van der Waals surface area contributed by atoms with Crippen LogP contribution < -0.4 is 0 Å². The Balaban J connectivity index is 1.43. The van der Waals surface area contributed by atoms with Crippen LogP contribution in [0.3, 0.4) is 0 Å². The monoisotopic (exact) mass is 383 g/mol. The smallest absolute Gasteiger partial charge is 0.350 e. The van der Waals surface area contributed by atoms with Crippen molar-refractivity contribution in [2.45, 2.75) is 26.2 Å². The Kier molecular flexibility index (Phi) is 4.70. The zero-order chi connectivity index (χ0) is 18.1. The van der Waals surface area contributed by atoms with Gasteiger partial charge in [0.1, 0.15) is 9.88 Å². The zero-order valence-corrected chi connectivity index (χ0v) is 15.9. The van der Waals surface area contributed by atoms with Crippen molar-refractivity contribution >= 4 is 34.4 Å². The molecule has 2 aromatic heterocycles. The molecule has 0 amide bonds. The predicted octanol–water partition coefficient (Wildman–Crippen LogP) is 4.71. The summed E-state index contributed by atoms with van der Waals surface area (Å²) < 4.78 is 5.26. The van der Waals surface area contributed by atoms with Gasteiger partial charge in [-0.3, -0.25) is 4.79 Å². The average molecular weight is 383 g/mol. The van der Waals surface area contributed by atoms with Crippen molar-refractivity contribution in [2.75, 3.05) is 6.61 Å². The number of benzene rings is 1. The molecule has 0 aliphatic heterocycles. The molecule has 1 aromatic carbocycles. The molecule has 3 aromatic rings. The van der Waals surface area contributed by atoms with Crippen molar-refractivity contribution in [3.05, 3.63) is 62.3 Å². The third kappa shape index (κ3) is 3.34. The highest BCUT2D eigenvalue weighted by Gasteiger charge is 2.20.